The van der Waals surface area contributed by atoms with E-state index in [0.29, 0.717) is 12.8 Å². The van der Waals surface area contributed by atoms with Crippen molar-refractivity contribution in [3.8, 4) is 0 Å². The Balaban J connectivity index is 4.47. The fourth-order valence-corrected chi connectivity index (χ4v) is 5.91. The molecule has 0 bridgehead atoms. The van der Waals surface area contributed by atoms with Crippen LogP contribution in [0.15, 0.2) is 0 Å². The van der Waals surface area contributed by atoms with Gasteiger partial charge in [-0.2, -0.15) is 0 Å². The van der Waals surface area contributed by atoms with Crippen molar-refractivity contribution >= 4 is 69.1 Å². The van der Waals surface area contributed by atoms with Crippen LogP contribution >= 0.6 is 45.2 Å². The molecule has 0 rings (SSSR count). The lowest BCUT2D eigenvalue weighted by Gasteiger charge is -2.23. The van der Waals surface area contributed by atoms with Gasteiger partial charge < -0.3 is 19.7 Å². The SMILES string of the molecule is CCCCCCCCCCCCC(I)C(=O)OC(C(=O)O)C(OC(=O)C(I)CCCCCCCCCCCC)C(=O)O. The predicted octanol–water partition coefficient (Wildman–Crippen LogP) is 9.21. The van der Waals surface area contributed by atoms with E-state index in [4.69, 9.17) is 9.47 Å². The molecule has 0 aliphatic heterocycles. The molecule has 0 aliphatic carbocycles. The van der Waals surface area contributed by atoms with Crippen LogP contribution in [0, 0.1) is 0 Å². The second-order valence-electron chi connectivity index (χ2n) is 11.3. The van der Waals surface area contributed by atoms with Crippen LogP contribution in [0.1, 0.15) is 155 Å². The zero-order chi connectivity index (χ0) is 31.6. The van der Waals surface area contributed by atoms with E-state index < -0.39 is 43.9 Å². The number of carbonyl (C=O) groups is 4. The molecule has 0 fully saturated rings. The molecule has 0 aromatic carbocycles. The Morgan fingerprint density at radius 3 is 0.952 bits per heavy atom. The number of carboxylic acids is 2. The molecule has 246 valence electrons. The highest BCUT2D eigenvalue weighted by Crippen LogP contribution is 2.20. The minimum atomic E-state index is -2.11. The van der Waals surface area contributed by atoms with Crippen molar-refractivity contribution in [2.75, 3.05) is 0 Å². The van der Waals surface area contributed by atoms with Gasteiger partial charge in [-0.3, -0.25) is 9.59 Å². The Kier molecular flexibility index (Phi) is 27.4. The fraction of sp³-hybridized carbons (Fsp3) is 0.875. The molecule has 0 spiro atoms. The molecule has 42 heavy (non-hydrogen) atoms. The van der Waals surface area contributed by atoms with Crippen LogP contribution < -0.4 is 0 Å². The second kappa shape index (κ2) is 27.9. The average Bonchev–Trinajstić information content (AvgIpc) is 2.95. The quantitative estimate of drug-likeness (QED) is 0.0331. The average molecular weight is 823 g/mol. The molecular formula is C32H56I2O8. The first-order chi connectivity index (χ1) is 20.1. The van der Waals surface area contributed by atoms with Crippen LogP contribution in [0.2, 0.25) is 0 Å². The van der Waals surface area contributed by atoms with E-state index in [1.165, 1.54) is 77.0 Å². The van der Waals surface area contributed by atoms with Crippen LogP contribution in [-0.4, -0.2) is 54.1 Å². The van der Waals surface area contributed by atoms with E-state index >= 15 is 0 Å². The number of ether oxygens (including phenoxy) is 2. The van der Waals surface area contributed by atoms with Crippen molar-refractivity contribution in [3.05, 3.63) is 0 Å². The monoisotopic (exact) mass is 822 g/mol. The first kappa shape index (κ1) is 41.3. The lowest BCUT2D eigenvalue weighted by molar-refractivity contribution is -0.186. The number of halogens is 2. The van der Waals surface area contributed by atoms with Gasteiger partial charge >= 0.3 is 23.9 Å². The summed E-state index contributed by atoms with van der Waals surface area (Å²) in [5.41, 5.74) is 0. The molecule has 0 aliphatic rings. The molecule has 10 heteroatoms. The van der Waals surface area contributed by atoms with Crippen molar-refractivity contribution in [3.63, 3.8) is 0 Å². The summed E-state index contributed by atoms with van der Waals surface area (Å²) in [6.45, 7) is 4.41. The molecule has 0 saturated carbocycles. The third-order valence-corrected chi connectivity index (χ3v) is 9.64. The highest BCUT2D eigenvalue weighted by Gasteiger charge is 2.42. The lowest BCUT2D eigenvalue weighted by Crippen LogP contribution is -2.47. The zero-order valence-corrected chi connectivity index (χ0v) is 30.3. The van der Waals surface area contributed by atoms with E-state index in [1.54, 1.807) is 0 Å². The van der Waals surface area contributed by atoms with Gasteiger partial charge in [0.1, 0.15) is 7.85 Å². The molecule has 0 aromatic rings. The number of alkyl halides is 2. The zero-order valence-electron chi connectivity index (χ0n) is 26.0. The van der Waals surface area contributed by atoms with Crippen molar-refractivity contribution < 1.29 is 38.9 Å². The van der Waals surface area contributed by atoms with Gasteiger partial charge in [0.05, 0.1) is 0 Å². The summed E-state index contributed by atoms with van der Waals surface area (Å²) in [6, 6.07) is 0. The number of hydrogen-bond acceptors (Lipinski definition) is 6. The fourth-order valence-electron chi connectivity index (χ4n) is 4.74. The highest BCUT2D eigenvalue weighted by atomic mass is 127. The summed E-state index contributed by atoms with van der Waals surface area (Å²) in [4.78, 5) is 48.8. The smallest absolute Gasteiger partial charge is 0.349 e. The van der Waals surface area contributed by atoms with E-state index in [-0.39, 0.29) is 0 Å². The summed E-state index contributed by atoms with van der Waals surface area (Å²) in [6.07, 6.45) is 20.0. The Morgan fingerprint density at radius 1 is 0.476 bits per heavy atom. The van der Waals surface area contributed by atoms with Gasteiger partial charge in [0.25, 0.3) is 0 Å². The third-order valence-electron chi connectivity index (χ3n) is 7.38. The first-order valence-corrected chi connectivity index (χ1v) is 18.8. The number of aliphatic carboxylic acids is 2. The lowest BCUT2D eigenvalue weighted by atomic mass is 10.1. The van der Waals surface area contributed by atoms with Gasteiger partial charge in [-0.1, -0.05) is 187 Å². The number of rotatable bonds is 29. The van der Waals surface area contributed by atoms with Crippen LogP contribution in [-0.2, 0) is 28.7 Å². The molecule has 0 aromatic heterocycles. The van der Waals surface area contributed by atoms with Crippen molar-refractivity contribution in [2.45, 2.75) is 175 Å². The van der Waals surface area contributed by atoms with Crippen molar-refractivity contribution in [1.82, 2.24) is 0 Å². The molecule has 4 unspecified atom stereocenters. The van der Waals surface area contributed by atoms with E-state index in [2.05, 4.69) is 13.8 Å². The highest BCUT2D eigenvalue weighted by molar-refractivity contribution is 14.1. The standard InChI is InChI=1S/C32H56I2O8/c1-3-5-7-9-11-13-15-17-19-21-23-25(33)31(39)41-27(29(35)36)28(30(37)38)42-32(40)26(34)24-22-20-18-16-14-12-10-8-6-4-2/h25-28H,3-24H2,1-2H3,(H,35,36)(H,37,38). The molecule has 4 atom stereocenters. The maximum Gasteiger partial charge on any atom is 0.349 e. The number of esters is 2. The van der Waals surface area contributed by atoms with E-state index in [1.807, 2.05) is 45.2 Å². The van der Waals surface area contributed by atoms with Crippen molar-refractivity contribution in [2.24, 2.45) is 0 Å². The van der Waals surface area contributed by atoms with E-state index in [0.717, 1.165) is 51.4 Å². The molecular weight excluding hydrogens is 766 g/mol. The second-order valence-corrected chi connectivity index (χ2v) is 14.3. The topological polar surface area (TPSA) is 127 Å². The first-order valence-electron chi connectivity index (χ1n) is 16.3. The number of carboxylic acid groups (broad SMARTS) is 2. The van der Waals surface area contributed by atoms with Crippen LogP contribution in [0.4, 0.5) is 0 Å². The maximum absolute atomic E-state index is 12.6. The minimum absolute atomic E-state index is 0.508. The molecule has 2 N–H and O–H groups in total. The van der Waals surface area contributed by atoms with Gasteiger partial charge in [0.2, 0.25) is 12.2 Å². The van der Waals surface area contributed by atoms with Crippen molar-refractivity contribution in [1.29, 1.82) is 0 Å². The maximum atomic E-state index is 12.6. The molecule has 8 nitrogen and oxygen atoms in total. The molecule has 0 radical (unpaired) electrons. The van der Waals surface area contributed by atoms with Crippen LogP contribution in [0.3, 0.4) is 0 Å². The molecule has 0 amide bonds. The largest absolute Gasteiger partial charge is 0.478 e. The Hall–Kier alpha value is -0.660. The number of hydrogen-bond donors (Lipinski definition) is 2. The number of carbonyl (C=O) groups excluding carboxylic acids is 2. The van der Waals surface area contributed by atoms with Gasteiger partial charge in [-0.25, -0.2) is 9.59 Å². The minimum Gasteiger partial charge on any atom is -0.478 e. The summed E-state index contributed by atoms with van der Waals surface area (Å²) < 4.78 is 8.93. The summed E-state index contributed by atoms with van der Waals surface area (Å²) in [5, 5.41) is 19.2. The Morgan fingerprint density at radius 2 is 0.714 bits per heavy atom. The predicted molar refractivity (Wildman–Crippen MR) is 184 cm³/mol. The Bertz CT molecular complexity index is 673. The third kappa shape index (κ3) is 21.9. The van der Waals surface area contributed by atoms with E-state index in [9.17, 15) is 29.4 Å². The Labute approximate surface area is 281 Å². The molecule has 0 heterocycles. The van der Waals surface area contributed by atoms with Crippen LogP contribution in [0.5, 0.6) is 0 Å². The molecule has 0 saturated heterocycles. The van der Waals surface area contributed by atoms with Crippen LogP contribution in [0.25, 0.3) is 0 Å². The van der Waals surface area contributed by atoms with Gasteiger partial charge in [0.15, 0.2) is 0 Å². The van der Waals surface area contributed by atoms with Gasteiger partial charge in [-0.15, -0.1) is 0 Å². The summed E-state index contributed by atoms with van der Waals surface area (Å²) in [7, 11) is 0. The van der Waals surface area contributed by atoms with Gasteiger partial charge in [-0.05, 0) is 12.8 Å². The van der Waals surface area contributed by atoms with Gasteiger partial charge in [0, 0.05) is 0 Å². The number of unbranched alkanes of at least 4 members (excludes halogenated alkanes) is 18. The normalized spacial score (nSPS) is 14.1. The summed E-state index contributed by atoms with van der Waals surface area (Å²) in [5.74, 6) is -4.94. The summed E-state index contributed by atoms with van der Waals surface area (Å²) >= 11 is 3.80.